The number of rotatable bonds is 27. The molecule has 70 heavy (non-hydrogen) atoms. The van der Waals surface area contributed by atoms with Crippen LogP contribution in [-0.2, 0) is 44.9 Å². The van der Waals surface area contributed by atoms with Gasteiger partial charge < -0.3 is 56.8 Å². The molecule has 0 amide bonds. The molecular formula is C58H70O12. The lowest BCUT2D eigenvalue weighted by molar-refractivity contribution is 0.320. The van der Waals surface area contributed by atoms with Gasteiger partial charge in [0, 0.05) is 0 Å². The lowest BCUT2D eigenvalue weighted by Gasteiger charge is -2.30. The third-order valence-electron chi connectivity index (χ3n) is 13.1. The zero-order chi connectivity index (χ0) is 50.2. The summed E-state index contributed by atoms with van der Waals surface area (Å²) in [7, 11) is 19.7. The predicted octanol–water partition coefficient (Wildman–Crippen LogP) is 11.2. The second kappa shape index (κ2) is 25.5. The highest BCUT2D eigenvalue weighted by Crippen LogP contribution is 2.45. The number of methoxy groups -OCH3 is 12. The highest BCUT2D eigenvalue weighted by atomic mass is 16.5. The summed E-state index contributed by atoms with van der Waals surface area (Å²) < 4.78 is 68.6. The molecule has 0 unspecified atom stereocenters. The SMILES string of the molecule is COc1cc(CCc2ccc(C[C@@H](CCc3cc(OC)c(OC)c(OC)c3)[C@@H](Cc3ccc(CCc4cc(OC)c(OC)c(OC)c4)cc3)c3cc(OC)c(OC)c(OC)c3)cc2)cc(OC)c1OC. The molecule has 0 N–H and O–H groups in total. The second-order valence-electron chi connectivity index (χ2n) is 17.0. The van der Waals surface area contributed by atoms with Crippen LogP contribution in [0.1, 0.15) is 56.8 Å². The molecule has 0 radical (unpaired) electrons. The van der Waals surface area contributed by atoms with E-state index in [-0.39, 0.29) is 11.8 Å². The van der Waals surface area contributed by atoms with Crippen LogP contribution in [-0.4, -0.2) is 85.3 Å². The van der Waals surface area contributed by atoms with E-state index in [1.165, 1.54) is 22.3 Å². The Morgan fingerprint density at radius 2 is 0.529 bits per heavy atom. The van der Waals surface area contributed by atoms with Crippen molar-refractivity contribution in [1.82, 2.24) is 0 Å². The molecule has 0 aliphatic heterocycles. The van der Waals surface area contributed by atoms with Crippen LogP contribution < -0.4 is 56.8 Å². The molecule has 6 aromatic rings. The summed E-state index contributed by atoms with van der Waals surface area (Å²) in [6.45, 7) is 0. The highest BCUT2D eigenvalue weighted by molar-refractivity contribution is 5.57. The average Bonchev–Trinajstić information content (AvgIpc) is 3.41. The first-order chi connectivity index (χ1) is 34.1. The number of ether oxygens (including phenoxy) is 12. The van der Waals surface area contributed by atoms with Crippen LogP contribution >= 0.6 is 0 Å². The van der Waals surface area contributed by atoms with Gasteiger partial charge in [-0.1, -0.05) is 48.5 Å². The van der Waals surface area contributed by atoms with E-state index < -0.39 is 0 Å². The molecule has 6 rings (SSSR count). The van der Waals surface area contributed by atoms with Gasteiger partial charge in [-0.3, -0.25) is 0 Å². The van der Waals surface area contributed by atoms with Gasteiger partial charge in [0.1, 0.15) is 0 Å². The van der Waals surface area contributed by atoms with Crippen LogP contribution in [0.3, 0.4) is 0 Å². The molecule has 0 bridgehead atoms. The Morgan fingerprint density at radius 3 is 0.829 bits per heavy atom. The first-order valence-electron chi connectivity index (χ1n) is 23.4. The minimum Gasteiger partial charge on any atom is -0.493 e. The van der Waals surface area contributed by atoms with E-state index >= 15 is 0 Å². The Morgan fingerprint density at radius 1 is 0.271 bits per heavy atom. The Hall–Kier alpha value is -7.08. The van der Waals surface area contributed by atoms with E-state index in [2.05, 4.69) is 60.7 Å². The molecule has 0 aliphatic rings. The van der Waals surface area contributed by atoms with Crippen LogP contribution in [0.5, 0.6) is 69.0 Å². The summed E-state index contributed by atoms with van der Waals surface area (Å²) in [6.07, 6.45) is 6.47. The fourth-order valence-corrected chi connectivity index (χ4v) is 9.33. The Kier molecular flexibility index (Phi) is 19.1. The van der Waals surface area contributed by atoms with Gasteiger partial charge in [-0.05, 0) is 156 Å². The summed E-state index contributed by atoms with van der Waals surface area (Å²) in [5, 5.41) is 0. The summed E-state index contributed by atoms with van der Waals surface area (Å²) in [5.41, 5.74) is 9.30. The van der Waals surface area contributed by atoms with Crippen LogP contribution in [0, 0.1) is 5.92 Å². The van der Waals surface area contributed by atoms with Gasteiger partial charge in [0.2, 0.25) is 23.0 Å². The largest absolute Gasteiger partial charge is 0.493 e. The van der Waals surface area contributed by atoms with Crippen LogP contribution in [0.15, 0.2) is 97.1 Å². The molecule has 0 saturated carbocycles. The number of benzene rings is 6. The van der Waals surface area contributed by atoms with Crippen molar-refractivity contribution in [2.75, 3.05) is 85.3 Å². The van der Waals surface area contributed by atoms with Crippen molar-refractivity contribution in [2.45, 2.75) is 57.3 Å². The van der Waals surface area contributed by atoms with Gasteiger partial charge in [-0.15, -0.1) is 0 Å². The molecule has 0 aliphatic carbocycles. The molecule has 0 spiro atoms. The van der Waals surface area contributed by atoms with Crippen molar-refractivity contribution in [3.05, 3.63) is 142 Å². The Balaban J connectivity index is 1.34. The van der Waals surface area contributed by atoms with E-state index in [0.717, 1.165) is 73.6 Å². The molecule has 0 heterocycles. The number of hydrogen-bond acceptors (Lipinski definition) is 12. The van der Waals surface area contributed by atoms with Crippen molar-refractivity contribution in [1.29, 1.82) is 0 Å². The maximum absolute atomic E-state index is 5.96. The van der Waals surface area contributed by atoms with Gasteiger partial charge in [-0.25, -0.2) is 0 Å². The van der Waals surface area contributed by atoms with Crippen LogP contribution in [0.25, 0.3) is 0 Å². The van der Waals surface area contributed by atoms with Crippen molar-refractivity contribution >= 4 is 0 Å². The van der Waals surface area contributed by atoms with Gasteiger partial charge in [-0.2, -0.15) is 0 Å². The van der Waals surface area contributed by atoms with Gasteiger partial charge in [0.15, 0.2) is 46.0 Å². The van der Waals surface area contributed by atoms with Crippen molar-refractivity contribution in [3.63, 3.8) is 0 Å². The maximum atomic E-state index is 5.96. The third-order valence-corrected chi connectivity index (χ3v) is 13.1. The van der Waals surface area contributed by atoms with Crippen molar-refractivity contribution in [3.8, 4) is 69.0 Å². The summed E-state index contributed by atoms with van der Waals surface area (Å²) in [5.74, 6) is 7.54. The minimum atomic E-state index is 0.0283. The van der Waals surface area contributed by atoms with Crippen molar-refractivity contribution < 1.29 is 56.8 Å². The summed E-state index contributed by atoms with van der Waals surface area (Å²) in [4.78, 5) is 0. The normalized spacial score (nSPS) is 11.8. The summed E-state index contributed by atoms with van der Waals surface area (Å²) in [6, 6.07) is 34.4. The predicted molar refractivity (Wildman–Crippen MR) is 274 cm³/mol. The fourth-order valence-electron chi connectivity index (χ4n) is 9.33. The number of aryl methyl sites for hydroxylation is 5. The lowest BCUT2D eigenvalue weighted by atomic mass is 9.75. The fraction of sp³-hybridized carbons (Fsp3) is 0.379. The van der Waals surface area contributed by atoms with E-state index in [4.69, 9.17) is 56.8 Å². The van der Waals surface area contributed by atoms with E-state index in [9.17, 15) is 0 Å². The second-order valence-corrected chi connectivity index (χ2v) is 17.0. The van der Waals surface area contributed by atoms with E-state index in [0.29, 0.717) is 69.0 Å². The van der Waals surface area contributed by atoms with Gasteiger partial charge in [0.05, 0.1) is 85.3 Å². The molecule has 6 aromatic carbocycles. The minimum absolute atomic E-state index is 0.0283. The lowest BCUT2D eigenvalue weighted by Crippen LogP contribution is -2.20. The van der Waals surface area contributed by atoms with Crippen LogP contribution in [0.4, 0.5) is 0 Å². The average molecular weight is 959 g/mol. The molecule has 0 aromatic heterocycles. The standard InChI is InChI=1S/C58H70O12/c1-59-47-29-41(30-48(60-2)55(47)67-9)23-17-37-13-19-39(20-14-37)27-44(26-25-43-33-51(63-5)57(69-11)52(34-43)64-6)46(45-35-53(65-7)58(70-12)54(36-45)66-8)28-40-21-15-38(16-22-40)18-24-42-31-49(61-3)56(68-10)50(32-42)62-4/h13-16,19-22,29-36,44,46H,17-18,23-28H2,1-12H3/t44-,46-/m1/s1. The number of hydrogen-bond donors (Lipinski definition) is 0. The quantitative estimate of drug-likeness (QED) is 0.0490. The molecular weight excluding hydrogens is 889 g/mol. The van der Waals surface area contributed by atoms with Gasteiger partial charge >= 0.3 is 0 Å². The first kappa shape index (κ1) is 52.3. The molecule has 12 heteroatoms. The zero-order valence-corrected chi connectivity index (χ0v) is 42.9. The molecule has 12 nitrogen and oxygen atoms in total. The van der Waals surface area contributed by atoms with Gasteiger partial charge in [0.25, 0.3) is 0 Å². The van der Waals surface area contributed by atoms with Crippen LogP contribution in [0.2, 0.25) is 0 Å². The molecule has 0 fully saturated rings. The first-order valence-corrected chi connectivity index (χ1v) is 23.4. The molecule has 2 atom stereocenters. The zero-order valence-electron chi connectivity index (χ0n) is 42.9. The molecule has 0 saturated heterocycles. The highest BCUT2D eigenvalue weighted by Gasteiger charge is 2.28. The topological polar surface area (TPSA) is 111 Å². The summed E-state index contributed by atoms with van der Waals surface area (Å²) >= 11 is 0. The maximum Gasteiger partial charge on any atom is 0.203 e. The Bertz CT molecular complexity index is 2510. The molecule has 374 valence electrons. The monoisotopic (exact) mass is 958 g/mol. The van der Waals surface area contributed by atoms with E-state index in [1.54, 1.807) is 85.3 Å². The Labute approximate surface area is 414 Å². The third kappa shape index (κ3) is 12.6. The van der Waals surface area contributed by atoms with E-state index in [1.807, 2.05) is 36.4 Å². The smallest absolute Gasteiger partial charge is 0.203 e. The van der Waals surface area contributed by atoms with Crippen molar-refractivity contribution in [2.24, 2.45) is 5.92 Å².